The number of amides is 1. The summed E-state index contributed by atoms with van der Waals surface area (Å²) < 4.78 is 0. The van der Waals surface area contributed by atoms with E-state index in [1.54, 1.807) is 5.18 Å². The van der Waals surface area contributed by atoms with Crippen LogP contribution in [0, 0.1) is 4.91 Å². The molecule has 11 heavy (non-hydrogen) atoms. The lowest BCUT2D eigenvalue weighted by Gasteiger charge is -2.07. The number of rotatable bonds is 3. The molecule has 7 nitrogen and oxygen atoms in total. The fourth-order valence-electron chi connectivity index (χ4n) is 0.324. The van der Waals surface area contributed by atoms with Crippen LogP contribution in [0.5, 0.6) is 0 Å². The molecule has 3 N–H and O–H groups in total. The second-order valence-corrected chi connectivity index (χ2v) is 1.66. The van der Waals surface area contributed by atoms with Crippen LogP contribution < -0.4 is 0 Å². The predicted molar refractivity (Wildman–Crippen MR) is 30.5 cm³/mol. The van der Waals surface area contributed by atoms with Gasteiger partial charge in [0.2, 0.25) is 0 Å². The van der Waals surface area contributed by atoms with Crippen LogP contribution in [0.1, 0.15) is 0 Å². The van der Waals surface area contributed by atoms with Crippen molar-refractivity contribution in [3.05, 3.63) is 4.91 Å². The van der Waals surface area contributed by atoms with E-state index in [1.807, 2.05) is 0 Å². The SMILES string of the molecule is O=NC(=O)C(O)C(O)C(=O)O. The molecule has 0 aliphatic heterocycles. The van der Waals surface area contributed by atoms with Gasteiger partial charge in [-0.05, 0) is 0 Å². The minimum absolute atomic E-state index is 1.61. The third-order valence-electron chi connectivity index (χ3n) is 0.895. The number of hydrogen-bond donors (Lipinski definition) is 3. The summed E-state index contributed by atoms with van der Waals surface area (Å²) in [7, 11) is 0. The molecule has 0 aromatic carbocycles. The first-order valence-electron chi connectivity index (χ1n) is 2.47. The molecule has 2 unspecified atom stereocenters. The van der Waals surface area contributed by atoms with E-state index in [-0.39, 0.29) is 0 Å². The van der Waals surface area contributed by atoms with Crippen LogP contribution in [0.15, 0.2) is 5.18 Å². The Hall–Kier alpha value is -1.34. The van der Waals surface area contributed by atoms with E-state index >= 15 is 0 Å². The van der Waals surface area contributed by atoms with Crippen LogP contribution in [0.25, 0.3) is 0 Å². The molecular formula is C4H5NO6. The van der Waals surface area contributed by atoms with E-state index in [0.717, 1.165) is 0 Å². The Bertz CT molecular complexity index is 189. The number of aliphatic hydroxyl groups is 2. The Morgan fingerprint density at radius 1 is 1.18 bits per heavy atom. The summed E-state index contributed by atoms with van der Waals surface area (Å²) in [5, 5.41) is 26.6. The fraction of sp³-hybridized carbons (Fsp3) is 0.500. The van der Waals surface area contributed by atoms with Gasteiger partial charge in [0.05, 0.1) is 0 Å². The van der Waals surface area contributed by atoms with Crippen LogP contribution in [-0.4, -0.2) is 39.4 Å². The Kier molecular flexibility index (Phi) is 3.28. The van der Waals surface area contributed by atoms with Gasteiger partial charge in [-0.3, -0.25) is 4.79 Å². The van der Waals surface area contributed by atoms with Crippen molar-refractivity contribution in [3.63, 3.8) is 0 Å². The molecular weight excluding hydrogens is 158 g/mol. The van der Waals surface area contributed by atoms with Gasteiger partial charge in [0.25, 0.3) is 0 Å². The molecule has 0 saturated heterocycles. The van der Waals surface area contributed by atoms with Crippen molar-refractivity contribution in [2.45, 2.75) is 12.2 Å². The van der Waals surface area contributed by atoms with Gasteiger partial charge in [-0.15, -0.1) is 4.91 Å². The summed E-state index contributed by atoms with van der Waals surface area (Å²) in [5.74, 6) is -3.41. The van der Waals surface area contributed by atoms with Gasteiger partial charge < -0.3 is 15.3 Å². The van der Waals surface area contributed by atoms with Gasteiger partial charge in [0.15, 0.2) is 12.2 Å². The van der Waals surface area contributed by atoms with Crippen LogP contribution in [0.4, 0.5) is 0 Å². The Balaban J connectivity index is 4.23. The maximum absolute atomic E-state index is 10.1. The Morgan fingerprint density at radius 3 is 1.91 bits per heavy atom. The number of hydrogen-bond acceptors (Lipinski definition) is 5. The number of aliphatic hydroxyl groups excluding tert-OH is 2. The third kappa shape index (κ3) is 2.40. The molecule has 0 radical (unpaired) electrons. The zero-order valence-electron chi connectivity index (χ0n) is 5.17. The number of carbonyl (C=O) groups excluding carboxylic acids is 1. The van der Waals surface area contributed by atoms with Crippen LogP contribution in [0.2, 0.25) is 0 Å². The minimum atomic E-state index is -2.31. The monoisotopic (exact) mass is 163 g/mol. The number of carboxylic acid groups (broad SMARTS) is 1. The molecule has 0 aliphatic carbocycles. The summed E-state index contributed by atoms with van der Waals surface area (Å²) in [6.45, 7) is 0. The maximum Gasteiger partial charge on any atom is 0.335 e. The van der Waals surface area contributed by atoms with E-state index in [2.05, 4.69) is 0 Å². The average molecular weight is 163 g/mol. The summed E-state index contributed by atoms with van der Waals surface area (Å²) in [4.78, 5) is 29.4. The zero-order valence-corrected chi connectivity index (χ0v) is 5.17. The molecule has 0 aromatic heterocycles. The molecule has 0 aromatic rings. The van der Waals surface area contributed by atoms with Crippen LogP contribution in [0.3, 0.4) is 0 Å². The smallest absolute Gasteiger partial charge is 0.335 e. The van der Waals surface area contributed by atoms with Crippen LogP contribution in [-0.2, 0) is 9.59 Å². The highest BCUT2D eigenvalue weighted by atomic mass is 16.4. The van der Waals surface area contributed by atoms with E-state index in [0.29, 0.717) is 0 Å². The molecule has 1 amide bonds. The topological polar surface area (TPSA) is 124 Å². The Labute approximate surface area is 60.2 Å². The van der Waals surface area contributed by atoms with Crippen molar-refractivity contribution < 1.29 is 24.9 Å². The lowest BCUT2D eigenvalue weighted by atomic mass is 10.2. The third-order valence-corrected chi connectivity index (χ3v) is 0.895. The standard InChI is InChI=1S/C4H5NO6/c6-1(3(8)5-11)2(7)4(9)10/h1-2,6-7H,(H,9,10). The lowest BCUT2D eigenvalue weighted by Crippen LogP contribution is -2.38. The summed E-state index contributed by atoms with van der Waals surface area (Å²) in [6, 6.07) is 0. The van der Waals surface area contributed by atoms with Crippen molar-refractivity contribution >= 4 is 11.9 Å². The second kappa shape index (κ2) is 3.74. The summed E-state index contributed by atoms with van der Waals surface area (Å²) in [5.41, 5.74) is 0. The molecule has 0 heterocycles. The quantitative estimate of drug-likeness (QED) is 0.417. The summed E-state index contributed by atoms with van der Waals surface area (Å²) >= 11 is 0. The molecule has 0 rings (SSSR count). The largest absolute Gasteiger partial charge is 0.479 e. The van der Waals surface area contributed by atoms with Crippen molar-refractivity contribution in [1.29, 1.82) is 0 Å². The molecule has 0 saturated carbocycles. The lowest BCUT2D eigenvalue weighted by molar-refractivity contribution is -0.157. The highest BCUT2D eigenvalue weighted by Crippen LogP contribution is 1.95. The molecule has 7 heteroatoms. The van der Waals surface area contributed by atoms with Crippen LogP contribution >= 0.6 is 0 Å². The van der Waals surface area contributed by atoms with Crippen molar-refractivity contribution in [3.8, 4) is 0 Å². The molecule has 0 fully saturated rings. The summed E-state index contributed by atoms with van der Waals surface area (Å²) in [6.07, 6.45) is -4.59. The normalized spacial score (nSPS) is 15.1. The molecule has 0 spiro atoms. The number of nitroso groups, excluding NO2 is 1. The van der Waals surface area contributed by atoms with Gasteiger partial charge in [-0.2, -0.15) is 0 Å². The number of nitrogens with zero attached hydrogens (tertiary/aromatic N) is 1. The number of carboxylic acids is 1. The molecule has 0 bridgehead atoms. The first kappa shape index (κ1) is 9.66. The zero-order chi connectivity index (χ0) is 9.02. The minimum Gasteiger partial charge on any atom is -0.479 e. The van der Waals surface area contributed by atoms with E-state index in [1.165, 1.54) is 0 Å². The first-order chi connectivity index (χ1) is 5.00. The predicted octanol–water partition coefficient (Wildman–Crippen LogP) is -1.91. The highest BCUT2D eigenvalue weighted by Gasteiger charge is 2.30. The maximum atomic E-state index is 10.1. The van der Waals surface area contributed by atoms with E-state index in [9.17, 15) is 14.5 Å². The van der Waals surface area contributed by atoms with Gasteiger partial charge in [0, 0.05) is 5.18 Å². The van der Waals surface area contributed by atoms with Gasteiger partial charge in [-0.25, -0.2) is 4.79 Å². The molecule has 2 atom stereocenters. The first-order valence-corrected chi connectivity index (χ1v) is 2.47. The van der Waals surface area contributed by atoms with Gasteiger partial charge in [-0.1, -0.05) is 0 Å². The van der Waals surface area contributed by atoms with Crippen molar-refractivity contribution in [1.82, 2.24) is 0 Å². The van der Waals surface area contributed by atoms with Crippen molar-refractivity contribution in [2.75, 3.05) is 0 Å². The van der Waals surface area contributed by atoms with Crippen molar-refractivity contribution in [2.24, 2.45) is 5.18 Å². The number of aliphatic carboxylic acids is 1. The second-order valence-electron chi connectivity index (χ2n) is 1.66. The molecule has 0 aliphatic rings. The van der Waals surface area contributed by atoms with E-state index < -0.39 is 24.1 Å². The highest BCUT2D eigenvalue weighted by molar-refractivity contribution is 5.87. The van der Waals surface area contributed by atoms with E-state index in [4.69, 9.17) is 15.3 Å². The molecule has 62 valence electrons. The van der Waals surface area contributed by atoms with Gasteiger partial charge in [0.1, 0.15) is 0 Å². The van der Waals surface area contributed by atoms with Gasteiger partial charge >= 0.3 is 11.9 Å². The number of carbonyl (C=O) groups is 2. The Morgan fingerprint density at radius 2 is 1.64 bits per heavy atom. The average Bonchev–Trinajstić information content (AvgIpc) is 2.00. The fourth-order valence-corrected chi connectivity index (χ4v) is 0.324.